The number of carbonyl (C=O) groups is 2. The van der Waals surface area contributed by atoms with Crippen LogP contribution in [0.4, 0.5) is 0 Å². The number of amides is 1. The number of aryl methyl sites for hydroxylation is 1. The molecule has 7 heteroatoms. The molecule has 0 spiro atoms. The molecule has 0 aliphatic carbocycles. The molecule has 2 heterocycles. The maximum Gasteiger partial charge on any atom is 0.262 e. The summed E-state index contributed by atoms with van der Waals surface area (Å²) < 4.78 is 1.66. The molecule has 0 saturated carbocycles. The van der Waals surface area contributed by atoms with E-state index in [1.807, 2.05) is 56.0 Å². The number of benzene rings is 2. The second-order valence-electron chi connectivity index (χ2n) is 9.78. The van der Waals surface area contributed by atoms with Gasteiger partial charge in [0.25, 0.3) is 11.5 Å². The highest BCUT2D eigenvalue weighted by atomic mass is 32.2. The van der Waals surface area contributed by atoms with Crippen LogP contribution in [0.1, 0.15) is 49.5 Å². The maximum atomic E-state index is 13.5. The predicted octanol–water partition coefficient (Wildman–Crippen LogP) is 4.58. The van der Waals surface area contributed by atoms with Gasteiger partial charge in [-0.1, -0.05) is 62.9 Å². The molecule has 1 aromatic heterocycles. The number of rotatable bonds is 7. The minimum Gasteiger partial charge on any atom is -0.339 e. The lowest BCUT2D eigenvalue weighted by Crippen LogP contribution is -2.28. The van der Waals surface area contributed by atoms with Gasteiger partial charge in [-0.15, -0.1) is 0 Å². The summed E-state index contributed by atoms with van der Waals surface area (Å²) in [4.78, 5) is 45.6. The van der Waals surface area contributed by atoms with Crippen molar-refractivity contribution in [2.45, 2.75) is 51.7 Å². The summed E-state index contributed by atoms with van der Waals surface area (Å²) in [6.45, 7) is 7.67. The molecule has 2 aromatic carbocycles. The summed E-state index contributed by atoms with van der Waals surface area (Å²) in [5, 5.41) is 0.995. The number of Topliss-reactive ketones (excluding diaryl/α,β-unsaturated/α-hetero) is 1. The van der Waals surface area contributed by atoms with E-state index in [1.54, 1.807) is 22.8 Å². The number of fused-ring (bicyclic) bond motifs is 1. The number of aromatic nitrogens is 2. The molecule has 0 bridgehead atoms. The van der Waals surface area contributed by atoms with Crippen molar-refractivity contribution < 1.29 is 9.59 Å². The van der Waals surface area contributed by atoms with Crippen LogP contribution in [0, 0.1) is 5.41 Å². The van der Waals surface area contributed by atoms with Crippen molar-refractivity contribution >= 4 is 34.4 Å². The molecule has 0 unspecified atom stereocenters. The summed E-state index contributed by atoms with van der Waals surface area (Å²) in [6, 6.07) is 15.1. The lowest BCUT2D eigenvalue weighted by Gasteiger charge is -2.18. The third kappa shape index (κ3) is 5.41. The van der Waals surface area contributed by atoms with Crippen molar-refractivity contribution in [1.29, 1.82) is 0 Å². The van der Waals surface area contributed by atoms with E-state index in [2.05, 4.69) is 0 Å². The average molecular weight is 478 g/mol. The highest BCUT2D eigenvalue weighted by Crippen LogP contribution is 2.24. The quantitative estimate of drug-likeness (QED) is 0.368. The first-order chi connectivity index (χ1) is 16.2. The molecule has 1 aliphatic heterocycles. The highest BCUT2D eigenvalue weighted by Gasteiger charge is 2.23. The van der Waals surface area contributed by atoms with Crippen LogP contribution >= 0.6 is 11.8 Å². The fraction of sp³-hybridized carbons (Fsp3) is 0.407. The van der Waals surface area contributed by atoms with E-state index in [9.17, 15) is 14.4 Å². The van der Waals surface area contributed by atoms with E-state index in [1.165, 1.54) is 11.8 Å². The highest BCUT2D eigenvalue weighted by molar-refractivity contribution is 7.99. The van der Waals surface area contributed by atoms with Crippen molar-refractivity contribution in [2.75, 3.05) is 18.8 Å². The molecular formula is C27H31N3O3S. The second-order valence-corrected chi connectivity index (χ2v) is 10.7. The molecule has 4 rings (SSSR count). The first kappa shape index (κ1) is 24.2. The van der Waals surface area contributed by atoms with Gasteiger partial charge < -0.3 is 4.90 Å². The van der Waals surface area contributed by atoms with E-state index in [4.69, 9.17) is 4.98 Å². The van der Waals surface area contributed by atoms with Crippen LogP contribution in [0.3, 0.4) is 0 Å². The Morgan fingerprint density at radius 3 is 2.41 bits per heavy atom. The Kier molecular flexibility index (Phi) is 7.22. The molecule has 0 atom stereocenters. The molecule has 1 fully saturated rings. The normalized spacial score (nSPS) is 14.0. The molecule has 1 amide bonds. The molecule has 1 aliphatic rings. The molecule has 3 aromatic rings. The van der Waals surface area contributed by atoms with E-state index in [0.29, 0.717) is 34.6 Å². The van der Waals surface area contributed by atoms with Gasteiger partial charge in [0.15, 0.2) is 5.16 Å². The Morgan fingerprint density at radius 2 is 1.74 bits per heavy atom. The lowest BCUT2D eigenvalue weighted by molar-refractivity contribution is -0.123. The number of thioether (sulfide) groups is 1. The van der Waals surface area contributed by atoms with Crippen LogP contribution in [0.5, 0.6) is 0 Å². The van der Waals surface area contributed by atoms with Gasteiger partial charge in [0.2, 0.25) is 0 Å². The zero-order valence-corrected chi connectivity index (χ0v) is 20.9. The number of hydrogen-bond donors (Lipinski definition) is 0. The Labute approximate surface area is 204 Å². The van der Waals surface area contributed by atoms with E-state index >= 15 is 0 Å². The monoisotopic (exact) mass is 477 g/mol. The molecule has 6 nitrogen and oxygen atoms in total. The van der Waals surface area contributed by atoms with Gasteiger partial charge in [-0.2, -0.15) is 0 Å². The molecule has 34 heavy (non-hydrogen) atoms. The Morgan fingerprint density at radius 1 is 1.03 bits per heavy atom. The van der Waals surface area contributed by atoms with Crippen LogP contribution in [-0.4, -0.2) is 45.0 Å². The zero-order valence-electron chi connectivity index (χ0n) is 20.0. The number of hydrogen-bond acceptors (Lipinski definition) is 5. The molecular weight excluding hydrogens is 446 g/mol. The standard InChI is InChI=1S/C27H31N3O3S/c1-27(2,3)23(31)18-34-26-28-22-17-20(24(32)29-14-7-8-15-29)11-12-21(22)25(33)30(26)16-13-19-9-5-4-6-10-19/h4-6,9-12,17H,7-8,13-16,18H2,1-3H3. The van der Waals surface area contributed by atoms with Crippen LogP contribution in [0.15, 0.2) is 58.5 Å². The number of carbonyl (C=O) groups excluding carboxylic acids is 2. The first-order valence-corrected chi connectivity index (χ1v) is 12.8. The van der Waals surface area contributed by atoms with Crippen LogP contribution in [-0.2, 0) is 17.8 Å². The largest absolute Gasteiger partial charge is 0.339 e. The number of ketones is 1. The Hall–Kier alpha value is -2.93. The molecule has 0 radical (unpaired) electrons. The van der Waals surface area contributed by atoms with Crippen LogP contribution < -0.4 is 5.56 Å². The third-order valence-corrected chi connectivity index (χ3v) is 7.17. The van der Waals surface area contributed by atoms with Crippen molar-refractivity contribution in [3.8, 4) is 0 Å². The Bertz CT molecular complexity index is 1260. The van der Waals surface area contributed by atoms with Gasteiger partial charge in [-0.3, -0.25) is 19.0 Å². The first-order valence-electron chi connectivity index (χ1n) is 11.8. The number of likely N-dealkylation sites (tertiary alicyclic amines) is 1. The van der Waals surface area contributed by atoms with Gasteiger partial charge in [0.1, 0.15) is 5.78 Å². The minimum atomic E-state index is -0.464. The van der Waals surface area contributed by atoms with Crippen LogP contribution in [0.25, 0.3) is 10.9 Å². The van der Waals surface area contributed by atoms with E-state index in [0.717, 1.165) is 31.5 Å². The minimum absolute atomic E-state index is 0.0217. The third-order valence-electron chi connectivity index (χ3n) is 6.20. The molecule has 178 valence electrons. The van der Waals surface area contributed by atoms with E-state index < -0.39 is 5.41 Å². The predicted molar refractivity (Wildman–Crippen MR) is 136 cm³/mol. The van der Waals surface area contributed by atoms with Gasteiger partial charge >= 0.3 is 0 Å². The summed E-state index contributed by atoms with van der Waals surface area (Å²) in [6.07, 6.45) is 2.72. The smallest absolute Gasteiger partial charge is 0.262 e. The molecule has 0 N–H and O–H groups in total. The lowest BCUT2D eigenvalue weighted by atomic mass is 9.92. The topological polar surface area (TPSA) is 72.3 Å². The SMILES string of the molecule is CC(C)(C)C(=O)CSc1nc2cc(C(=O)N3CCCC3)ccc2c(=O)n1CCc1ccccc1. The summed E-state index contributed by atoms with van der Waals surface area (Å²) in [5.41, 5.74) is 1.56. The van der Waals surface area contributed by atoms with Crippen molar-refractivity contribution in [3.05, 3.63) is 70.0 Å². The second kappa shape index (κ2) is 10.1. The summed E-state index contributed by atoms with van der Waals surface area (Å²) in [7, 11) is 0. The van der Waals surface area contributed by atoms with Crippen molar-refractivity contribution in [1.82, 2.24) is 14.5 Å². The van der Waals surface area contributed by atoms with Gasteiger partial charge in [-0.25, -0.2) is 4.98 Å². The Balaban J connectivity index is 1.70. The fourth-order valence-corrected chi connectivity index (χ4v) is 5.16. The fourth-order valence-electron chi connectivity index (χ4n) is 3.98. The average Bonchev–Trinajstić information content (AvgIpc) is 3.36. The zero-order chi connectivity index (χ0) is 24.3. The van der Waals surface area contributed by atoms with Gasteiger partial charge in [0.05, 0.1) is 16.7 Å². The van der Waals surface area contributed by atoms with Crippen molar-refractivity contribution in [3.63, 3.8) is 0 Å². The molecule has 1 saturated heterocycles. The maximum absolute atomic E-state index is 13.5. The summed E-state index contributed by atoms with van der Waals surface area (Å²) >= 11 is 1.29. The van der Waals surface area contributed by atoms with E-state index in [-0.39, 0.29) is 23.0 Å². The van der Waals surface area contributed by atoms with Gasteiger partial charge in [0, 0.05) is 30.6 Å². The van der Waals surface area contributed by atoms with Crippen LogP contribution in [0.2, 0.25) is 0 Å². The number of nitrogens with zero attached hydrogens (tertiary/aromatic N) is 3. The summed E-state index contributed by atoms with van der Waals surface area (Å²) in [5.74, 6) is 0.310. The van der Waals surface area contributed by atoms with Gasteiger partial charge in [-0.05, 0) is 43.0 Å². The van der Waals surface area contributed by atoms with Crippen molar-refractivity contribution in [2.24, 2.45) is 5.41 Å².